The summed E-state index contributed by atoms with van der Waals surface area (Å²) in [6.07, 6.45) is 3.15. The van der Waals surface area contributed by atoms with E-state index in [1.165, 1.54) is 0 Å². The van der Waals surface area contributed by atoms with Gasteiger partial charge in [-0.25, -0.2) is 0 Å². The zero-order valence-corrected chi connectivity index (χ0v) is 14.3. The number of hydrogen-bond acceptors (Lipinski definition) is 4. The minimum Gasteiger partial charge on any atom is -0.396 e. The maximum absolute atomic E-state index is 13.0. The highest BCUT2D eigenvalue weighted by atomic mass is 16.5. The molecule has 0 radical (unpaired) electrons. The molecule has 25 heavy (non-hydrogen) atoms. The molecule has 4 rings (SSSR count). The van der Waals surface area contributed by atoms with Gasteiger partial charge in [0.2, 0.25) is 5.91 Å². The number of amides is 2. The standard InChI is InChI=1S/C19H24N2O4/c22-12-13-10-16-17(11-13)25-9-8-21(16)19(24)14-3-5-15(6-4-14)20-7-1-2-18(20)23/h3-6,13,16-17,22H,1-2,7-12H2/t13-,16+,17?/m1/s1. The van der Waals surface area contributed by atoms with Crippen molar-refractivity contribution >= 4 is 17.5 Å². The quantitative estimate of drug-likeness (QED) is 0.900. The number of rotatable bonds is 3. The van der Waals surface area contributed by atoms with Crippen LogP contribution >= 0.6 is 0 Å². The van der Waals surface area contributed by atoms with E-state index in [0.717, 1.165) is 31.5 Å². The smallest absolute Gasteiger partial charge is 0.254 e. The van der Waals surface area contributed by atoms with Crippen molar-refractivity contribution in [2.24, 2.45) is 5.92 Å². The van der Waals surface area contributed by atoms with E-state index in [-0.39, 0.29) is 36.5 Å². The predicted molar refractivity (Wildman–Crippen MR) is 92.4 cm³/mol. The fraction of sp³-hybridized carbons (Fsp3) is 0.579. The summed E-state index contributed by atoms with van der Waals surface area (Å²) in [7, 11) is 0. The van der Waals surface area contributed by atoms with Crippen LogP contribution in [0.15, 0.2) is 24.3 Å². The molecule has 134 valence electrons. The van der Waals surface area contributed by atoms with Crippen molar-refractivity contribution in [2.75, 3.05) is 31.2 Å². The van der Waals surface area contributed by atoms with E-state index >= 15 is 0 Å². The van der Waals surface area contributed by atoms with Crippen molar-refractivity contribution in [3.05, 3.63) is 29.8 Å². The summed E-state index contributed by atoms with van der Waals surface area (Å²) in [4.78, 5) is 28.5. The lowest BCUT2D eigenvalue weighted by Gasteiger charge is -2.37. The molecule has 2 amide bonds. The van der Waals surface area contributed by atoms with Crippen LogP contribution in [-0.4, -0.2) is 60.3 Å². The van der Waals surface area contributed by atoms with Crippen LogP contribution in [0.4, 0.5) is 5.69 Å². The second-order valence-electron chi connectivity index (χ2n) is 7.19. The monoisotopic (exact) mass is 344 g/mol. The first-order valence-electron chi connectivity index (χ1n) is 9.11. The molecule has 0 bridgehead atoms. The highest BCUT2D eigenvalue weighted by Crippen LogP contribution is 2.34. The molecule has 6 nitrogen and oxygen atoms in total. The van der Waals surface area contributed by atoms with Gasteiger partial charge in [0, 0.05) is 37.4 Å². The average Bonchev–Trinajstić information content (AvgIpc) is 3.26. The van der Waals surface area contributed by atoms with Crippen molar-refractivity contribution in [3.63, 3.8) is 0 Å². The molecule has 3 atom stereocenters. The number of nitrogens with zero attached hydrogens (tertiary/aromatic N) is 2. The highest BCUT2D eigenvalue weighted by Gasteiger charge is 2.42. The van der Waals surface area contributed by atoms with E-state index in [9.17, 15) is 14.7 Å². The van der Waals surface area contributed by atoms with Gasteiger partial charge in [-0.15, -0.1) is 0 Å². The molecule has 0 spiro atoms. The molecular formula is C19H24N2O4. The SMILES string of the molecule is O=C1CCCN1c1ccc(C(=O)N2CCOC3C[C@H](CO)C[C@@H]32)cc1. The van der Waals surface area contributed by atoms with E-state index in [1.807, 2.05) is 29.2 Å². The number of aliphatic hydroxyl groups excluding tert-OH is 1. The number of aliphatic hydroxyl groups is 1. The van der Waals surface area contributed by atoms with Crippen LogP contribution in [0.3, 0.4) is 0 Å². The lowest BCUT2D eigenvalue weighted by Crippen LogP contribution is -2.51. The van der Waals surface area contributed by atoms with Crippen LogP contribution in [0, 0.1) is 5.92 Å². The van der Waals surface area contributed by atoms with Crippen LogP contribution in [0.1, 0.15) is 36.0 Å². The minimum absolute atomic E-state index is 0.0104. The first-order chi connectivity index (χ1) is 12.2. The number of hydrogen-bond donors (Lipinski definition) is 1. The Balaban J connectivity index is 1.49. The average molecular weight is 344 g/mol. The molecule has 6 heteroatoms. The molecule has 1 N–H and O–H groups in total. The molecule has 1 aliphatic carbocycles. The first-order valence-corrected chi connectivity index (χ1v) is 9.11. The molecule has 0 aromatic heterocycles. The largest absolute Gasteiger partial charge is 0.396 e. The molecule has 2 heterocycles. The molecular weight excluding hydrogens is 320 g/mol. The molecule has 1 saturated carbocycles. The Morgan fingerprint density at radius 2 is 2.00 bits per heavy atom. The summed E-state index contributed by atoms with van der Waals surface area (Å²) in [6, 6.07) is 7.40. The Hall–Kier alpha value is -1.92. The van der Waals surface area contributed by atoms with Crippen LogP contribution in [0.25, 0.3) is 0 Å². The van der Waals surface area contributed by atoms with Gasteiger partial charge in [0.05, 0.1) is 18.8 Å². The van der Waals surface area contributed by atoms with Crippen molar-refractivity contribution in [3.8, 4) is 0 Å². The van der Waals surface area contributed by atoms with Gasteiger partial charge in [0.25, 0.3) is 5.91 Å². The number of morpholine rings is 1. The van der Waals surface area contributed by atoms with E-state index < -0.39 is 0 Å². The van der Waals surface area contributed by atoms with Crippen molar-refractivity contribution in [1.29, 1.82) is 0 Å². The van der Waals surface area contributed by atoms with Gasteiger partial charge in [0.1, 0.15) is 0 Å². The van der Waals surface area contributed by atoms with Gasteiger partial charge in [-0.2, -0.15) is 0 Å². The Bertz CT molecular complexity index is 660. The zero-order chi connectivity index (χ0) is 17.4. The van der Waals surface area contributed by atoms with Crippen LogP contribution in [0.5, 0.6) is 0 Å². The third-order valence-corrected chi connectivity index (χ3v) is 5.65. The normalized spacial score (nSPS) is 29.2. The molecule has 3 aliphatic rings. The van der Waals surface area contributed by atoms with Crippen LogP contribution < -0.4 is 4.90 Å². The molecule has 2 aliphatic heterocycles. The summed E-state index contributed by atoms with van der Waals surface area (Å²) in [5.74, 6) is 0.374. The maximum Gasteiger partial charge on any atom is 0.254 e. The summed E-state index contributed by atoms with van der Waals surface area (Å²) in [5.41, 5.74) is 1.50. The minimum atomic E-state index is 0.0104. The first kappa shape index (κ1) is 16.5. The Kier molecular flexibility index (Phi) is 4.48. The van der Waals surface area contributed by atoms with Crippen LogP contribution in [-0.2, 0) is 9.53 Å². The number of benzene rings is 1. The number of carbonyl (C=O) groups excluding carboxylic acids is 2. The predicted octanol–water partition coefficient (Wildman–Crippen LogP) is 1.43. The Morgan fingerprint density at radius 3 is 2.68 bits per heavy atom. The lowest BCUT2D eigenvalue weighted by atomic mass is 10.1. The summed E-state index contributed by atoms with van der Waals surface area (Å²) in [6.45, 7) is 2.04. The summed E-state index contributed by atoms with van der Waals surface area (Å²) in [5, 5.41) is 9.42. The van der Waals surface area contributed by atoms with E-state index in [0.29, 0.717) is 25.1 Å². The summed E-state index contributed by atoms with van der Waals surface area (Å²) >= 11 is 0. The van der Waals surface area contributed by atoms with Gasteiger partial charge in [0.15, 0.2) is 0 Å². The third kappa shape index (κ3) is 3.04. The van der Waals surface area contributed by atoms with Crippen molar-refractivity contribution in [1.82, 2.24) is 4.90 Å². The maximum atomic E-state index is 13.0. The van der Waals surface area contributed by atoms with Gasteiger partial charge >= 0.3 is 0 Å². The third-order valence-electron chi connectivity index (χ3n) is 5.65. The van der Waals surface area contributed by atoms with Crippen LogP contribution in [0.2, 0.25) is 0 Å². The van der Waals surface area contributed by atoms with E-state index in [4.69, 9.17) is 4.74 Å². The molecule has 1 unspecified atom stereocenters. The number of anilines is 1. The van der Waals surface area contributed by atoms with Gasteiger partial charge in [-0.3, -0.25) is 9.59 Å². The van der Waals surface area contributed by atoms with Gasteiger partial charge in [-0.1, -0.05) is 0 Å². The lowest BCUT2D eigenvalue weighted by molar-refractivity contribution is -0.117. The number of ether oxygens (including phenoxy) is 1. The van der Waals surface area contributed by atoms with Gasteiger partial charge in [-0.05, 0) is 49.4 Å². The summed E-state index contributed by atoms with van der Waals surface area (Å²) < 4.78 is 5.80. The molecule has 1 aromatic rings. The second-order valence-corrected chi connectivity index (χ2v) is 7.19. The zero-order valence-electron chi connectivity index (χ0n) is 14.3. The topological polar surface area (TPSA) is 70.1 Å². The Morgan fingerprint density at radius 1 is 1.20 bits per heavy atom. The molecule has 2 saturated heterocycles. The fourth-order valence-electron chi connectivity index (χ4n) is 4.32. The molecule has 3 fully saturated rings. The van der Waals surface area contributed by atoms with Crippen molar-refractivity contribution < 1.29 is 19.4 Å². The van der Waals surface area contributed by atoms with E-state index in [2.05, 4.69) is 0 Å². The number of fused-ring (bicyclic) bond motifs is 1. The molecule has 1 aromatic carbocycles. The van der Waals surface area contributed by atoms with E-state index in [1.54, 1.807) is 4.90 Å². The highest BCUT2D eigenvalue weighted by molar-refractivity contribution is 5.97. The van der Waals surface area contributed by atoms with Gasteiger partial charge < -0.3 is 19.6 Å². The fourth-order valence-corrected chi connectivity index (χ4v) is 4.32. The van der Waals surface area contributed by atoms with Crippen molar-refractivity contribution in [2.45, 2.75) is 37.8 Å². The second kappa shape index (κ2) is 6.77. The number of carbonyl (C=O) groups is 2. The Labute approximate surface area is 147 Å².